The first-order valence-corrected chi connectivity index (χ1v) is 13.4. The Balaban J connectivity index is 1.59. The number of aliphatic hydroxyl groups is 2. The van der Waals surface area contributed by atoms with Crippen LogP contribution in [0.3, 0.4) is 0 Å². The SMILES string of the molecule is CC(=O)O[C@H]1CC[C@@]2(C)[C@@H](CC=C3C4=CC[C@H]([C@H](C)CCCC(C)C)[C@@]4(C)C[C@@H](O)[C@@]32O)C1. The topological polar surface area (TPSA) is 66.8 Å². The summed E-state index contributed by atoms with van der Waals surface area (Å²) in [6.45, 7) is 13.0. The summed E-state index contributed by atoms with van der Waals surface area (Å²) in [7, 11) is 0. The van der Waals surface area contributed by atoms with Gasteiger partial charge in [-0.2, -0.15) is 0 Å². The van der Waals surface area contributed by atoms with Crippen molar-refractivity contribution in [3.63, 3.8) is 0 Å². The maximum absolute atomic E-state index is 12.3. The standard InChI is InChI=1S/C29H46O4/c1-18(2)8-7-9-19(3)23-12-13-24-25-11-10-21-16-22(33-20(4)30)14-15-28(21,6)29(25,32)26(31)17-27(23,24)5/h11,13,18-19,21-23,26,31-32H,7-10,12,14-17H2,1-6H3/t19-,21+,22+,23-,26-,27-,28+,29+/m1/s1. The lowest BCUT2D eigenvalue weighted by atomic mass is 9.45. The molecule has 0 aromatic carbocycles. The molecule has 0 saturated heterocycles. The third-order valence-electron chi connectivity index (χ3n) is 10.2. The molecule has 0 heterocycles. The molecule has 8 atom stereocenters. The number of rotatable bonds is 6. The number of hydrogen-bond acceptors (Lipinski definition) is 4. The quantitative estimate of drug-likeness (QED) is 0.482. The fraction of sp³-hybridized carbons (Fsp3) is 0.828. The van der Waals surface area contributed by atoms with Crippen molar-refractivity contribution in [3.05, 3.63) is 23.3 Å². The van der Waals surface area contributed by atoms with Gasteiger partial charge in [0.15, 0.2) is 0 Å². The summed E-state index contributed by atoms with van der Waals surface area (Å²) >= 11 is 0. The smallest absolute Gasteiger partial charge is 0.302 e. The molecule has 186 valence electrons. The van der Waals surface area contributed by atoms with Crippen molar-refractivity contribution in [3.8, 4) is 0 Å². The molecule has 0 spiro atoms. The van der Waals surface area contributed by atoms with Gasteiger partial charge in [-0.1, -0.05) is 66.0 Å². The van der Waals surface area contributed by atoms with Crippen molar-refractivity contribution in [2.45, 2.75) is 117 Å². The third-order valence-corrected chi connectivity index (χ3v) is 10.2. The summed E-state index contributed by atoms with van der Waals surface area (Å²) in [5.41, 5.74) is 0.601. The van der Waals surface area contributed by atoms with Crippen LogP contribution in [0, 0.1) is 34.5 Å². The molecule has 0 aromatic heterocycles. The number of hydrogen-bond donors (Lipinski definition) is 2. The highest BCUT2D eigenvalue weighted by Gasteiger charge is 2.66. The van der Waals surface area contributed by atoms with Crippen LogP contribution in [-0.4, -0.2) is 34.0 Å². The van der Waals surface area contributed by atoms with Gasteiger partial charge in [-0.3, -0.25) is 4.79 Å². The van der Waals surface area contributed by atoms with Gasteiger partial charge in [0, 0.05) is 12.3 Å². The highest BCUT2D eigenvalue weighted by molar-refractivity contribution is 5.66. The molecule has 0 bridgehead atoms. The fourth-order valence-electron chi connectivity index (χ4n) is 8.23. The molecule has 4 heteroatoms. The Morgan fingerprint density at radius 1 is 1.15 bits per heavy atom. The first-order valence-electron chi connectivity index (χ1n) is 13.4. The maximum Gasteiger partial charge on any atom is 0.302 e. The zero-order valence-corrected chi connectivity index (χ0v) is 21.7. The van der Waals surface area contributed by atoms with Gasteiger partial charge in [-0.25, -0.2) is 0 Å². The largest absolute Gasteiger partial charge is 0.463 e. The van der Waals surface area contributed by atoms with Gasteiger partial charge in [-0.15, -0.1) is 0 Å². The van der Waals surface area contributed by atoms with E-state index >= 15 is 0 Å². The Morgan fingerprint density at radius 3 is 2.52 bits per heavy atom. The van der Waals surface area contributed by atoms with E-state index in [1.54, 1.807) is 0 Å². The molecular weight excluding hydrogens is 412 g/mol. The van der Waals surface area contributed by atoms with Crippen LogP contribution in [0.25, 0.3) is 0 Å². The molecule has 0 unspecified atom stereocenters. The number of esters is 1. The number of ether oxygens (including phenoxy) is 1. The molecule has 2 fully saturated rings. The molecule has 2 N–H and O–H groups in total. The lowest BCUT2D eigenvalue weighted by Crippen LogP contribution is -2.66. The minimum atomic E-state index is -1.22. The second-order valence-electron chi connectivity index (χ2n) is 12.6. The van der Waals surface area contributed by atoms with Crippen LogP contribution >= 0.6 is 0 Å². The van der Waals surface area contributed by atoms with E-state index in [1.165, 1.54) is 31.8 Å². The summed E-state index contributed by atoms with van der Waals surface area (Å²) in [5, 5.41) is 23.9. The predicted molar refractivity (Wildman–Crippen MR) is 131 cm³/mol. The van der Waals surface area contributed by atoms with Gasteiger partial charge in [0.1, 0.15) is 11.7 Å². The van der Waals surface area contributed by atoms with Crippen LogP contribution in [0.15, 0.2) is 23.3 Å². The van der Waals surface area contributed by atoms with E-state index in [0.717, 1.165) is 43.6 Å². The van der Waals surface area contributed by atoms with Crippen molar-refractivity contribution in [1.29, 1.82) is 0 Å². The third kappa shape index (κ3) is 3.93. The molecule has 0 radical (unpaired) electrons. The Bertz CT molecular complexity index is 827. The van der Waals surface area contributed by atoms with Crippen LogP contribution in [0.2, 0.25) is 0 Å². The Morgan fingerprint density at radius 2 is 1.85 bits per heavy atom. The molecule has 0 aliphatic heterocycles. The number of allylic oxidation sites excluding steroid dienone is 2. The summed E-state index contributed by atoms with van der Waals surface area (Å²) in [4.78, 5) is 11.5. The van der Waals surface area contributed by atoms with E-state index in [-0.39, 0.29) is 23.4 Å². The number of fused-ring (bicyclic) bond motifs is 5. The summed E-state index contributed by atoms with van der Waals surface area (Å²) in [6, 6.07) is 0. The Hall–Kier alpha value is -1.13. The second-order valence-corrected chi connectivity index (χ2v) is 12.6. The van der Waals surface area contributed by atoms with E-state index in [1.807, 2.05) is 0 Å². The second kappa shape index (κ2) is 8.82. The minimum absolute atomic E-state index is 0.0765. The summed E-state index contributed by atoms with van der Waals surface area (Å²) in [5.74, 6) is 1.84. The van der Waals surface area contributed by atoms with E-state index < -0.39 is 17.1 Å². The highest BCUT2D eigenvalue weighted by atomic mass is 16.5. The molecule has 33 heavy (non-hydrogen) atoms. The van der Waals surface area contributed by atoms with E-state index in [2.05, 4.69) is 46.8 Å². The summed E-state index contributed by atoms with van der Waals surface area (Å²) < 4.78 is 5.54. The number of aliphatic hydroxyl groups excluding tert-OH is 1. The lowest BCUT2D eigenvalue weighted by molar-refractivity contribution is -0.196. The first-order chi connectivity index (χ1) is 15.4. The molecule has 4 nitrogen and oxygen atoms in total. The average Bonchev–Trinajstić information content (AvgIpc) is 3.05. The Labute approximate surface area is 200 Å². The predicted octanol–water partition coefficient (Wildman–Crippen LogP) is 5.97. The average molecular weight is 459 g/mol. The molecule has 0 amide bonds. The maximum atomic E-state index is 12.3. The molecule has 4 aliphatic carbocycles. The van der Waals surface area contributed by atoms with Gasteiger partial charge >= 0.3 is 5.97 Å². The minimum Gasteiger partial charge on any atom is -0.463 e. The van der Waals surface area contributed by atoms with Gasteiger partial charge in [0.25, 0.3) is 0 Å². The zero-order valence-electron chi connectivity index (χ0n) is 21.7. The van der Waals surface area contributed by atoms with Crippen molar-refractivity contribution >= 4 is 5.97 Å². The fourth-order valence-corrected chi connectivity index (χ4v) is 8.23. The Kier molecular flexibility index (Phi) is 6.68. The monoisotopic (exact) mass is 458 g/mol. The lowest BCUT2D eigenvalue weighted by Gasteiger charge is -2.62. The van der Waals surface area contributed by atoms with E-state index in [9.17, 15) is 15.0 Å². The van der Waals surface area contributed by atoms with E-state index in [4.69, 9.17) is 4.74 Å². The molecule has 0 aromatic rings. The van der Waals surface area contributed by atoms with Gasteiger partial charge < -0.3 is 14.9 Å². The van der Waals surface area contributed by atoms with Crippen molar-refractivity contribution < 1.29 is 19.7 Å². The molecular formula is C29H46O4. The van der Waals surface area contributed by atoms with Crippen LogP contribution in [0.4, 0.5) is 0 Å². The van der Waals surface area contributed by atoms with Crippen LogP contribution < -0.4 is 0 Å². The molecule has 2 saturated carbocycles. The number of carbonyl (C=O) groups excluding carboxylic acids is 1. The van der Waals surface area contributed by atoms with E-state index in [0.29, 0.717) is 18.3 Å². The van der Waals surface area contributed by atoms with Crippen LogP contribution in [0.5, 0.6) is 0 Å². The van der Waals surface area contributed by atoms with Crippen molar-refractivity contribution in [1.82, 2.24) is 0 Å². The first kappa shape index (κ1) is 25.0. The van der Waals surface area contributed by atoms with Crippen molar-refractivity contribution in [2.75, 3.05) is 0 Å². The van der Waals surface area contributed by atoms with Crippen LogP contribution in [0.1, 0.15) is 99.3 Å². The van der Waals surface area contributed by atoms with Gasteiger partial charge in [-0.05, 0) is 78.8 Å². The number of carbonyl (C=O) groups is 1. The molecule has 4 rings (SSSR count). The van der Waals surface area contributed by atoms with Crippen LogP contribution in [-0.2, 0) is 9.53 Å². The van der Waals surface area contributed by atoms with Gasteiger partial charge in [0.2, 0.25) is 0 Å². The molecule has 4 aliphatic rings. The van der Waals surface area contributed by atoms with Gasteiger partial charge in [0.05, 0.1) is 6.10 Å². The normalized spacial score (nSPS) is 43.2. The summed E-state index contributed by atoms with van der Waals surface area (Å²) in [6.07, 6.45) is 12.4. The van der Waals surface area contributed by atoms with Crippen molar-refractivity contribution in [2.24, 2.45) is 34.5 Å². The highest BCUT2D eigenvalue weighted by Crippen LogP contribution is 2.66. The zero-order chi connectivity index (χ0) is 24.2.